The number of hydrogen-bond donors (Lipinski definition) is 0. The molecular weight excluding hydrogens is 244 g/mol. The molecule has 1 aromatic rings. The zero-order valence-corrected chi connectivity index (χ0v) is 10.2. The number of aromatic nitrogens is 1. The van der Waals surface area contributed by atoms with Gasteiger partial charge in [-0.25, -0.2) is 0 Å². The van der Waals surface area contributed by atoms with Gasteiger partial charge in [0.2, 0.25) is 0 Å². The van der Waals surface area contributed by atoms with Gasteiger partial charge >= 0.3 is 5.69 Å². The molecule has 1 aliphatic heterocycles. The van der Waals surface area contributed by atoms with Gasteiger partial charge in [0.1, 0.15) is 0 Å². The summed E-state index contributed by atoms with van der Waals surface area (Å²) in [6.45, 7) is 0. The summed E-state index contributed by atoms with van der Waals surface area (Å²) < 4.78 is 1.87. The summed E-state index contributed by atoms with van der Waals surface area (Å²) in [6.07, 6.45) is 0. The highest BCUT2D eigenvalue weighted by atomic mass is 16.6. The molecule has 5 heteroatoms. The molecule has 0 amide bonds. The molecule has 0 aromatic heterocycles. The molecule has 0 saturated heterocycles. The van der Waals surface area contributed by atoms with E-state index in [9.17, 15) is 14.9 Å². The normalized spacial score (nSPS) is 11.0. The van der Waals surface area contributed by atoms with Gasteiger partial charge in [-0.1, -0.05) is 18.2 Å². The smallest absolute Gasteiger partial charge is 0.317 e. The number of para-hydroxylation sites is 1. The van der Waals surface area contributed by atoms with E-state index >= 15 is 0 Å². The van der Waals surface area contributed by atoms with Gasteiger partial charge in [0.05, 0.1) is 16.2 Å². The maximum Gasteiger partial charge on any atom is 0.317 e. The number of nitro benzene ring substituents is 1. The van der Waals surface area contributed by atoms with Crippen molar-refractivity contribution in [3.05, 3.63) is 62.8 Å². The van der Waals surface area contributed by atoms with Crippen LogP contribution in [0.2, 0.25) is 0 Å². The van der Waals surface area contributed by atoms with E-state index in [1.165, 1.54) is 6.07 Å². The fourth-order valence-electron chi connectivity index (χ4n) is 2.35. The molecule has 0 fully saturated rings. The van der Waals surface area contributed by atoms with Gasteiger partial charge in [-0.15, -0.1) is 0 Å². The minimum Gasteiger partial charge on any atom is -0.344 e. The van der Waals surface area contributed by atoms with Crippen molar-refractivity contribution < 1.29 is 4.92 Å². The predicted octanol–water partition coefficient (Wildman–Crippen LogP) is 2.55. The maximum absolute atomic E-state index is 12.1. The average Bonchev–Trinajstić information content (AvgIpc) is 2.40. The Morgan fingerprint density at radius 3 is 2.63 bits per heavy atom. The van der Waals surface area contributed by atoms with Crippen molar-refractivity contribution in [3.8, 4) is 11.3 Å². The van der Waals surface area contributed by atoms with Gasteiger partial charge in [-0.3, -0.25) is 14.9 Å². The van der Waals surface area contributed by atoms with Gasteiger partial charge in [0.25, 0.3) is 5.43 Å². The summed E-state index contributed by atoms with van der Waals surface area (Å²) in [5.41, 5.74) is 1.11. The van der Waals surface area contributed by atoms with Crippen molar-refractivity contribution in [2.75, 3.05) is 0 Å². The number of non-ortho nitro benzene ring substituents is 1. The minimum atomic E-state index is -0.642. The second kappa shape index (κ2) is 3.91. The van der Waals surface area contributed by atoms with E-state index in [0.29, 0.717) is 11.3 Å². The Morgan fingerprint density at radius 2 is 1.89 bits per heavy atom. The molecular formula is C14H10N2O3. The first-order valence-electron chi connectivity index (χ1n) is 5.75. The Balaban J connectivity index is 2.52. The lowest BCUT2D eigenvalue weighted by Gasteiger charge is -2.14. The number of hydrogen-bond acceptors (Lipinski definition) is 3. The average molecular weight is 254 g/mol. The van der Waals surface area contributed by atoms with E-state index in [1.807, 2.05) is 35.9 Å². The van der Waals surface area contributed by atoms with Gasteiger partial charge in [0, 0.05) is 18.6 Å². The molecule has 0 unspecified atom stereocenters. The highest BCUT2D eigenvalue weighted by molar-refractivity contribution is 5.86. The molecule has 1 aliphatic carbocycles. The molecule has 0 N–H and O–H groups in total. The standard InChI is InChI=1S/C14H10N2O3/c1-15-11-5-3-2-4-9(11)8-10-12(15)6-7-13(14(10)17)16(18)19/h2-8H,1H3. The lowest BCUT2D eigenvalue weighted by molar-refractivity contribution is -0.385. The van der Waals surface area contributed by atoms with Gasteiger partial charge in [0.15, 0.2) is 0 Å². The van der Waals surface area contributed by atoms with Gasteiger partial charge < -0.3 is 4.57 Å². The van der Waals surface area contributed by atoms with Crippen molar-refractivity contribution in [2.45, 2.75) is 0 Å². The van der Waals surface area contributed by atoms with Crippen LogP contribution in [0, 0.1) is 10.1 Å². The molecule has 0 saturated carbocycles. The maximum atomic E-state index is 12.1. The van der Waals surface area contributed by atoms with E-state index in [2.05, 4.69) is 0 Å². The van der Waals surface area contributed by atoms with E-state index in [0.717, 1.165) is 10.9 Å². The van der Waals surface area contributed by atoms with Gasteiger partial charge in [-0.05, 0) is 23.6 Å². The molecule has 0 atom stereocenters. The second-order valence-electron chi connectivity index (χ2n) is 4.37. The van der Waals surface area contributed by atoms with Crippen LogP contribution in [0.3, 0.4) is 0 Å². The Kier molecular flexibility index (Phi) is 2.35. The third-order valence-corrected chi connectivity index (χ3v) is 3.31. The largest absolute Gasteiger partial charge is 0.344 e. The predicted molar refractivity (Wildman–Crippen MR) is 72.5 cm³/mol. The van der Waals surface area contributed by atoms with Crippen LogP contribution >= 0.6 is 0 Å². The Hall–Kier alpha value is -2.69. The monoisotopic (exact) mass is 254 g/mol. The van der Waals surface area contributed by atoms with Crippen LogP contribution in [0.15, 0.2) is 47.3 Å². The van der Waals surface area contributed by atoms with Crippen molar-refractivity contribution >= 4 is 16.6 Å². The summed E-state index contributed by atoms with van der Waals surface area (Å²) in [6, 6.07) is 12.2. The summed E-state index contributed by atoms with van der Waals surface area (Å²) in [4.78, 5) is 22.3. The van der Waals surface area contributed by atoms with Crippen molar-refractivity contribution in [1.29, 1.82) is 0 Å². The fraction of sp³-hybridized carbons (Fsp3) is 0.0714. The molecule has 1 heterocycles. The zero-order chi connectivity index (χ0) is 13.6. The Morgan fingerprint density at radius 1 is 1.16 bits per heavy atom. The first-order chi connectivity index (χ1) is 9.09. The molecule has 0 radical (unpaired) electrons. The molecule has 94 valence electrons. The van der Waals surface area contributed by atoms with Crippen LogP contribution in [0.4, 0.5) is 5.69 Å². The second-order valence-corrected chi connectivity index (χ2v) is 4.37. The highest BCUT2D eigenvalue weighted by Crippen LogP contribution is 2.26. The lowest BCUT2D eigenvalue weighted by atomic mass is 10.0. The van der Waals surface area contributed by atoms with Crippen LogP contribution in [-0.2, 0) is 7.05 Å². The first kappa shape index (κ1) is 11.4. The van der Waals surface area contributed by atoms with Crippen LogP contribution < -0.4 is 5.43 Å². The van der Waals surface area contributed by atoms with Crippen LogP contribution in [0.1, 0.15) is 0 Å². The Bertz CT molecular complexity index is 836. The quantitative estimate of drug-likeness (QED) is 0.381. The third kappa shape index (κ3) is 1.59. The molecule has 0 spiro atoms. The number of benzene rings is 2. The number of pyridine rings is 1. The molecule has 5 nitrogen and oxygen atoms in total. The molecule has 1 aromatic carbocycles. The fourth-order valence-corrected chi connectivity index (χ4v) is 2.35. The van der Waals surface area contributed by atoms with Crippen molar-refractivity contribution in [3.63, 3.8) is 0 Å². The number of nitro groups is 1. The lowest BCUT2D eigenvalue weighted by Crippen LogP contribution is -2.14. The summed E-state index contributed by atoms with van der Waals surface area (Å²) in [5.74, 6) is 0. The van der Waals surface area contributed by atoms with E-state index in [-0.39, 0.29) is 5.69 Å². The van der Waals surface area contributed by atoms with E-state index in [4.69, 9.17) is 0 Å². The minimum absolute atomic E-state index is 0.371. The van der Waals surface area contributed by atoms with Crippen LogP contribution in [0.25, 0.3) is 22.2 Å². The topological polar surface area (TPSA) is 65.1 Å². The van der Waals surface area contributed by atoms with Crippen LogP contribution in [-0.4, -0.2) is 9.49 Å². The Labute approximate surface area is 108 Å². The zero-order valence-electron chi connectivity index (χ0n) is 10.2. The number of aryl methyl sites for hydroxylation is 1. The summed E-state index contributed by atoms with van der Waals surface area (Å²) >= 11 is 0. The van der Waals surface area contributed by atoms with Crippen LogP contribution in [0.5, 0.6) is 0 Å². The van der Waals surface area contributed by atoms with Crippen molar-refractivity contribution in [1.82, 2.24) is 4.57 Å². The number of rotatable bonds is 1. The summed E-state index contributed by atoms with van der Waals surface area (Å²) in [7, 11) is 1.84. The highest BCUT2D eigenvalue weighted by Gasteiger charge is 2.20. The number of nitrogens with zero attached hydrogens (tertiary/aromatic N) is 2. The SMILES string of the molecule is Cn1c2ccc([N+](=O)[O-])c(=O)c-2cc2ccccc21. The van der Waals surface area contributed by atoms with Crippen molar-refractivity contribution in [2.24, 2.45) is 7.05 Å². The summed E-state index contributed by atoms with van der Waals surface area (Å²) in [5, 5.41) is 11.7. The molecule has 3 rings (SSSR count). The molecule has 0 bridgehead atoms. The first-order valence-corrected chi connectivity index (χ1v) is 5.75. The third-order valence-electron chi connectivity index (χ3n) is 3.31. The van der Waals surface area contributed by atoms with E-state index in [1.54, 1.807) is 12.1 Å². The van der Waals surface area contributed by atoms with Gasteiger partial charge in [-0.2, -0.15) is 0 Å². The molecule has 19 heavy (non-hydrogen) atoms. The molecule has 2 aliphatic rings. The van der Waals surface area contributed by atoms with E-state index < -0.39 is 10.4 Å². The number of fused-ring (bicyclic) bond motifs is 2.